The Morgan fingerprint density at radius 3 is 1.43 bits per heavy atom. The van der Waals surface area contributed by atoms with Crippen LogP contribution in [0.4, 0.5) is 10.6 Å². The second kappa shape index (κ2) is 44.8. The Bertz CT molecular complexity index is 2140. The number of anilines is 1. The first-order valence-electron chi connectivity index (χ1n) is 33.9. The van der Waals surface area contributed by atoms with Gasteiger partial charge in [0, 0.05) is 43.6 Å². The second-order valence-electron chi connectivity index (χ2n) is 24.5. The molecule has 24 nitrogen and oxygen atoms in total. The molecule has 0 bridgehead atoms. The number of rotatable bonds is 51. The Morgan fingerprint density at radius 2 is 0.989 bits per heavy atom. The number of nitrogen functional groups attached to an aromatic ring is 1. The van der Waals surface area contributed by atoms with Gasteiger partial charge in [-0.3, -0.25) is 9.46 Å². The molecule has 1 aromatic rings. The van der Waals surface area contributed by atoms with Gasteiger partial charge in [0.05, 0.1) is 39.6 Å². The monoisotopic (exact) mass is 1280 g/mol. The van der Waals surface area contributed by atoms with Crippen molar-refractivity contribution < 1.29 is 83.7 Å². The molecule has 4 rings (SSSR count). The van der Waals surface area contributed by atoms with Gasteiger partial charge in [-0.1, -0.05) is 206 Å². The van der Waals surface area contributed by atoms with E-state index in [1.165, 1.54) is 152 Å². The van der Waals surface area contributed by atoms with Crippen LogP contribution in [-0.2, 0) is 28.2 Å². The molecule has 3 aliphatic rings. The third-order valence-corrected chi connectivity index (χ3v) is 17.8. The second-order valence-corrected chi connectivity index (χ2v) is 26.1. The van der Waals surface area contributed by atoms with Gasteiger partial charge in [-0.2, -0.15) is 4.98 Å². The zero-order valence-corrected chi connectivity index (χ0v) is 54.3. The minimum Gasteiger partial charge on any atom is -0.394 e. The smallest absolute Gasteiger partial charge is 0.368 e. The molecule has 0 aliphatic carbocycles. The molecule has 0 radical (unpaired) electrons. The average Bonchev–Trinajstić information content (AvgIpc) is 0.751. The molecule has 1 aromatic heterocycles. The standard InChI is InChI=1S/C63H117N6O18P/c1-3-5-7-9-11-13-15-17-19-21-23-25-27-29-31-33-40-83-42-36-48-52(59-57(76)55(74)53(72)49(45-70)86-59)60(69(68-37-35-51(64)65-62(68)78)63(79)66(48)38-44-85-47-88(80,81)82)67(61-58(77)56(75)54(73)50(46-71)87-61)39-43-84-41-34-32-30-28-26-24-22-20-18-16-14-12-10-8-6-4-2/h35,37,49-50,53-61,70-77H,3-34,36,38-47H2,1-2H3,(H2,64,65,78)(H2,80,81,82)/t49-,50-,53+,54+,55+,56+,57-,58-,59?,60?,61?/m1/s1. The van der Waals surface area contributed by atoms with Crippen LogP contribution in [0.5, 0.6) is 0 Å². The molecule has 25 heteroatoms. The molecule has 3 aliphatic heterocycles. The summed E-state index contributed by atoms with van der Waals surface area (Å²) in [6, 6.07) is 0.209. The number of carbonyl (C=O) groups is 1. The number of nitrogens with zero attached hydrogens (tertiary/aromatic N) is 5. The molecule has 512 valence electrons. The van der Waals surface area contributed by atoms with E-state index in [-0.39, 0.29) is 49.9 Å². The van der Waals surface area contributed by atoms with Crippen LogP contribution >= 0.6 is 7.60 Å². The number of aromatic nitrogens is 2. The van der Waals surface area contributed by atoms with Crippen LogP contribution in [0, 0.1) is 0 Å². The van der Waals surface area contributed by atoms with Gasteiger partial charge in [-0.25, -0.2) is 24.2 Å². The maximum Gasteiger partial charge on any atom is 0.368 e. The highest BCUT2D eigenvalue weighted by Crippen LogP contribution is 2.40. The number of amides is 2. The first-order chi connectivity index (χ1) is 42.5. The third kappa shape index (κ3) is 27.1. The molecule has 2 amide bonds. The molecular weight excluding hydrogens is 1160 g/mol. The van der Waals surface area contributed by atoms with E-state index in [1.807, 2.05) is 0 Å². The van der Waals surface area contributed by atoms with Crippen LogP contribution in [0.3, 0.4) is 0 Å². The quantitative estimate of drug-likeness (QED) is 0.0235. The lowest BCUT2D eigenvalue weighted by atomic mass is 9.86. The molecule has 0 spiro atoms. The van der Waals surface area contributed by atoms with Crippen molar-refractivity contribution in [2.45, 2.75) is 293 Å². The summed E-state index contributed by atoms with van der Waals surface area (Å²) in [6.07, 6.45) is 17.9. The number of nitrogens with two attached hydrogens (primary N) is 1. The number of aliphatic hydroxyl groups excluding tert-OH is 8. The van der Waals surface area contributed by atoms with Gasteiger partial charge in [0.2, 0.25) is 0 Å². The molecule has 11 atom stereocenters. The zero-order chi connectivity index (χ0) is 64.1. The Morgan fingerprint density at radius 1 is 0.557 bits per heavy atom. The zero-order valence-electron chi connectivity index (χ0n) is 53.4. The molecule has 2 saturated heterocycles. The summed E-state index contributed by atoms with van der Waals surface area (Å²) in [5, 5.41) is 91.2. The summed E-state index contributed by atoms with van der Waals surface area (Å²) >= 11 is 0. The van der Waals surface area contributed by atoms with Gasteiger partial charge in [-0.15, -0.1) is 0 Å². The number of ether oxygens (including phenoxy) is 5. The van der Waals surface area contributed by atoms with E-state index in [2.05, 4.69) is 18.8 Å². The topological polar surface area (TPSA) is 353 Å². The fourth-order valence-corrected chi connectivity index (χ4v) is 12.6. The van der Waals surface area contributed by atoms with Gasteiger partial charge in [0.1, 0.15) is 79.5 Å². The van der Waals surface area contributed by atoms with Crippen LogP contribution < -0.4 is 16.4 Å². The van der Waals surface area contributed by atoms with Crippen LogP contribution in [0.1, 0.15) is 226 Å². The number of hydrogen-bond acceptors (Lipinski definition) is 19. The lowest BCUT2D eigenvalue weighted by Crippen LogP contribution is -2.73. The maximum absolute atomic E-state index is 15.7. The van der Waals surface area contributed by atoms with Crippen molar-refractivity contribution in [1.29, 1.82) is 0 Å². The van der Waals surface area contributed by atoms with E-state index in [9.17, 15) is 60.0 Å². The summed E-state index contributed by atoms with van der Waals surface area (Å²) in [6.45, 7) is 1.86. The van der Waals surface area contributed by atoms with E-state index < -0.39 is 119 Å². The molecule has 2 fully saturated rings. The first kappa shape index (κ1) is 77.7. The Labute approximate surface area is 524 Å². The predicted octanol–water partition coefficient (Wildman–Crippen LogP) is 6.82. The van der Waals surface area contributed by atoms with Gasteiger partial charge < -0.3 is 80.1 Å². The molecule has 0 aromatic carbocycles. The van der Waals surface area contributed by atoms with Crippen molar-refractivity contribution in [3.05, 3.63) is 34.0 Å². The van der Waals surface area contributed by atoms with Crippen molar-refractivity contribution in [1.82, 2.24) is 19.5 Å². The number of hydrogen-bond donors (Lipinski definition) is 11. The average molecular weight is 1280 g/mol. The number of carbonyl (C=O) groups excluding carboxylic acids is 1. The van der Waals surface area contributed by atoms with E-state index in [0.29, 0.717) is 19.4 Å². The van der Waals surface area contributed by atoms with Gasteiger partial charge >= 0.3 is 19.3 Å². The molecule has 4 heterocycles. The van der Waals surface area contributed by atoms with Crippen molar-refractivity contribution in [2.24, 2.45) is 0 Å². The largest absolute Gasteiger partial charge is 0.394 e. The van der Waals surface area contributed by atoms with E-state index in [1.54, 1.807) is 0 Å². The SMILES string of the molecule is CCCCCCCCCCCCCCCCCCOCCC1=C(C2O[C@H](CO)[C@H](O)[C@H](O)[C@H]2O)C(N(CCOCCCCCCCCCCCCCCCCCC)C2O[C@H](CO)[C@H](O)[C@H](O)[C@H]2O)N(n2ccc(N)nc2=O)C(=O)N1CCOCP(=O)(O)O. The summed E-state index contributed by atoms with van der Waals surface area (Å²) in [4.78, 5) is 55.6. The van der Waals surface area contributed by atoms with Gasteiger partial charge in [0.25, 0.3) is 0 Å². The fourth-order valence-electron chi connectivity index (χ4n) is 12.2. The van der Waals surface area contributed by atoms with Crippen LogP contribution in [-0.4, -0.2) is 209 Å². The van der Waals surface area contributed by atoms with Crippen LogP contribution in [0.2, 0.25) is 0 Å². The lowest BCUT2D eigenvalue weighted by molar-refractivity contribution is -0.272. The van der Waals surface area contributed by atoms with Gasteiger partial charge in [0.15, 0.2) is 0 Å². The van der Waals surface area contributed by atoms with Crippen molar-refractivity contribution in [3.63, 3.8) is 0 Å². The molecule has 12 N–H and O–H groups in total. The third-order valence-electron chi connectivity index (χ3n) is 17.3. The van der Waals surface area contributed by atoms with Crippen molar-refractivity contribution in [2.75, 3.05) is 76.4 Å². The molecule has 3 unspecified atom stereocenters. The van der Waals surface area contributed by atoms with Crippen LogP contribution in [0.25, 0.3) is 0 Å². The highest BCUT2D eigenvalue weighted by Gasteiger charge is 2.56. The number of unbranched alkanes of at least 4 members (excludes halogenated alkanes) is 30. The highest BCUT2D eigenvalue weighted by atomic mass is 31.2. The number of aliphatic hydroxyl groups is 8. The Hall–Kier alpha value is -2.72. The maximum atomic E-state index is 15.7. The predicted molar refractivity (Wildman–Crippen MR) is 336 cm³/mol. The summed E-state index contributed by atoms with van der Waals surface area (Å²) in [5.41, 5.74) is 4.77. The number of urea groups is 1. The van der Waals surface area contributed by atoms with E-state index in [4.69, 9.17) is 29.4 Å². The Kier molecular flexibility index (Phi) is 39.5. The summed E-state index contributed by atoms with van der Waals surface area (Å²) in [5.74, 6) is -0.231. The fraction of sp³-hybridized carbons (Fsp3) is 0.889. The van der Waals surface area contributed by atoms with E-state index >= 15 is 4.79 Å². The minimum absolute atomic E-state index is 0.0162. The molecule has 88 heavy (non-hydrogen) atoms. The molecular formula is C63H117N6O18P. The molecule has 0 saturated carbocycles. The highest BCUT2D eigenvalue weighted by molar-refractivity contribution is 7.51. The van der Waals surface area contributed by atoms with Crippen LogP contribution in [0.15, 0.2) is 28.3 Å². The Balaban J connectivity index is 1.63. The lowest BCUT2D eigenvalue weighted by Gasteiger charge is -2.54. The first-order valence-corrected chi connectivity index (χ1v) is 35.7. The summed E-state index contributed by atoms with van der Waals surface area (Å²) < 4.78 is 43.2. The van der Waals surface area contributed by atoms with Crippen molar-refractivity contribution in [3.8, 4) is 0 Å². The minimum atomic E-state index is -4.72. The van der Waals surface area contributed by atoms with Crippen molar-refractivity contribution >= 4 is 19.4 Å². The normalized spacial score (nSPS) is 24.6. The van der Waals surface area contributed by atoms with Gasteiger partial charge in [-0.05, 0) is 18.9 Å². The summed E-state index contributed by atoms with van der Waals surface area (Å²) in [7, 11) is -4.72. The van der Waals surface area contributed by atoms with E-state index in [0.717, 1.165) is 72.1 Å².